The minimum absolute atomic E-state index is 0.128. The number of hydrogen-bond acceptors (Lipinski definition) is 5. The Hall–Kier alpha value is -2.11. The highest BCUT2D eigenvalue weighted by Crippen LogP contribution is 2.05. The number of hydrazone groups is 1. The minimum atomic E-state index is -0.128. The Morgan fingerprint density at radius 2 is 2.24 bits per heavy atom. The molecule has 0 fully saturated rings. The average Bonchev–Trinajstić information content (AvgIpc) is 2.64. The van der Waals surface area contributed by atoms with Crippen molar-refractivity contribution in [2.24, 2.45) is 5.10 Å². The molecule has 0 aliphatic carbocycles. The van der Waals surface area contributed by atoms with Crippen LogP contribution in [0.25, 0.3) is 0 Å². The average molecular weight is 235 g/mol. The molecule has 6 nitrogen and oxygen atoms in total. The second-order valence-electron chi connectivity index (χ2n) is 3.72. The number of hydrogen-bond donors (Lipinski definition) is 2. The van der Waals surface area contributed by atoms with Gasteiger partial charge in [-0.05, 0) is 6.92 Å². The maximum Gasteiger partial charge on any atom is 0.207 e. The molecule has 0 aliphatic rings. The van der Waals surface area contributed by atoms with E-state index in [0.29, 0.717) is 11.5 Å². The molecule has 92 valence electrons. The second kappa shape index (κ2) is 5.83. The zero-order valence-electron chi connectivity index (χ0n) is 10.5. The van der Waals surface area contributed by atoms with Crippen LogP contribution >= 0.6 is 0 Å². The van der Waals surface area contributed by atoms with Crippen molar-refractivity contribution in [3.05, 3.63) is 29.5 Å². The molecule has 1 rings (SSSR count). The highest BCUT2D eigenvalue weighted by Gasteiger charge is 2.11. The Labute approximate surface area is 100 Å². The van der Waals surface area contributed by atoms with Crippen LogP contribution in [0.3, 0.4) is 0 Å². The van der Waals surface area contributed by atoms with E-state index < -0.39 is 0 Å². The summed E-state index contributed by atoms with van der Waals surface area (Å²) >= 11 is 0. The number of carbonyl (C=O) groups excluding carboxylic acids is 1. The van der Waals surface area contributed by atoms with Gasteiger partial charge in [-0.2, -0.15) is 5.10 Å². The van der Waals surface area contributed by atoms with E-state index in [9.17, 15) is 4.79 Å². The molecule has 0 radical (unpaired) electrons. The minimum Gasteiger partial charge on any atom is -0.383 e. The van der Waals surface area contributed by atoms with Gasteiger partial charge >= 0.3 is 0 Å². The van der Waals surface area contributed by atoms with Crippen molar-refractivity contribution >= 4 is 12.0 Å². The summed E-state index contributed by atoms with van der Waals surface area (Å²) in [7, 11) is 5.40. The SMILES string of the molecule is CN/N=C\c1nc(C(=O)/C=C/N(C)C)c(C)[nH]1. The number of H-pyrrole nitrogens is 1. The first kappa shape index (κ1) is 13.0. The Balaban J connectivity index is 2.87. The fraction of sp³-hybridized carbons (Fsp3) is 0.364. The van der Waals surface area contributed by atoms with E-state index in [2.05, 4.69) is 20.5 Å². The quantitative estimate of drug-likeness (QED) is 0.338. The zero-order chi connectivity index (χ0) is 12.8. The van der Waals surface area contributed by atoms with Gasteiger partial charge in [0.15, 0.2) is 5.82 Å². The van der Waals surface area contributed by atoms with Gasteiger partial charge in [0, 0.05) is 39.1 Å². The van der Waals surface area contributed by atoms with Crippen LogP contribution in [0.1, 0.15) is 22.0 Å². The monoisotopic (exact) mass is 235 g/mol. The van der Waals surface area contributed by atoms with E-state index in [1.54, 1.807) is 25.1 Å². The summed E-state index contributed by atoms with van der Waals surface area (Å²) in [5, 5.41) is 3.82. The fourth-order valence-corrected chi connectivity index (χ4v) is 1.21. The first-order valence-corrected chi connectivity index (χ1v) is 5.20. The lowest BCUT2D eigenvalue weighted by Gasteiger charge is -2.01. The lowest BCUT2D eigenvalue weighted by atomic mass is 10.2. The number of aromatic nitrogens is 2. The van der Waals surface area contributed by atoms with Gasteiger partial charge in [-0.1, -0.05) is 0 Å². The van der Waals surface area contributed by atoms with Crippen molar-refractivity contribution in [2.75, 3.05) is 21.1 Å². The molecule has 0 unspecified atom stereocenters. The Morgan fingerprint density at radius 3 is 2.82 bits per heavy atom. The van der Waals surface area contributed by atoms with E-state index in [4.69, 9.17) is 0 Å². The smallest absolute Gasteiger partial charge is 0.207 e. The van der Waals surface area contributed by atoms with Crippen LogP contribution in [0.5, 0.6) is 0 Å². The number of allylic oxidation sites excluding steroid dienone is 1. The number of aryl methyl sites for hydroxylation is 1. The third-order valence-electron chi connectivity index (χ3n) is 1.98. The molecule has 1 aromatic heterocycles. The van der Waals surface area contributed by atoms with Crippen LogP contribution in [0, 0.1) is 6.92 Å². The van der Waals surface area contributed by atoms with E-state index in [-0.39, 0.29) is 5.78 Å². The summed E-state index contributed by atoms with van der Waals surface area (Å²) < 4.78 is 0. The van der Waals surface area contributed by atoms with Crippen molar-refractivity contribution in [2.45, 2.75) is 6.92 Å². The van der Waals surface area contributed by atoms with E-state index in [1.807, 2.05) is 14.1 Å². The number of rotatable bonds is 5. The van der Waals surface area contributed by atoms with Gasteiger partial charge in [0.1, 0.15) is 5.69 Å². The van der Waals surface area contributed by atoms with Crippen molar-refractivity contribution in [3.63, 3.8) is 0 Å². The molecule has 0 aliphatic heterocycles. The Bertz CT molecular complexity index is 445. The molecule has 17 heavy (non-hydrogen) atoms. The van der Waals surface area contributed by atoms with Gasteiger partial charge in [-0.25, -0.2) is 4.98 Å². The second-order valence-corrected chi connectivity index (χ2v) is 3.72. The largest absolute Gasteiger partial charge is 0.383 e. The van der Waals surface area contributed by atoms with E-state index >= 15 is 0 Å². The molecule has 1 aromatic rings. The van der Waals surface area contributed by atoms with Crippen LogP contribution in [0.15, 0.2) is 17.4 Å². The van der Waals surface area contributed by atoms with E-state index in [0.717, 1.165) is 5.69 Å². The van der Waals surface area contributed by atoms with Gasteiger partial charge < -0.3 is 15.3 Å². The summed E-state index contributed by atoms with van der Waals surface area (Å²) in [6.45, 7) is 1.81. The molecule has 1 heterocycles. The summed E-state index contributed by atoms with van der Waals surface area (Å²) in [5.41, 5.74) is 3.77. The summed E-state index contributed by atoms with van der Waals surface area (Å²) in [6.07, 6.45) is 4.71. The number of nitrogens with zero attached hydrogens (tertiary/aromatic N) is 3. The lowest BCUT2D eigenvalue weighted by molar-refractivity contribution is 0.104. The molecule has 0 bridgehead atoms. The van der Waals surface area contributed by atoms with Gasteiger partial charge in [0.25, 0.3) is 0 Å². The van der Waals surface area contributed by atoms with Crippen LogP contribution in [0.4, 0.5) is 0 Å². The molecule has 0 amide bonds. The molecule has 6 heteroatoms. The van der Waals surface area contributed by atoms with Gasteiger partial charge in [0.2, 0.25) is 5.78 Å². The first-order valence-electron chi connectivity index (χ1n) is 5.20. The summed E-state index contributed by atoms with van der Waals surface area (Å²) in [5.74, 6) is 0.426. The first-order chi connectivity index (χ1) is 8.04. The highest BCUT2D eigenvalue weighted by atomic mass is 16.1. The summed E-state index contributed by atoms with van der Waals surface area (Å²) in [4.78, 5) is 20.7. The fourth-order valence-electron chi connectivity index (χ4n) is 1.21. The highest BCUT2D eigenvalue weighted by molar-refractivity contribution is 6.04. The number of aromatic amines is 1. The molecule has 0 saturated heterocycles. The van der Waals surface area contributed by atoms with Crippen LogP contribution in [-0.4, -0.2) is 48.0 Å². The predicted molar refractivity (Wildman–Crippen MR) is 67.1 cm³/mol. The number of imidazole rings is 1. The topological polar surface area (TPSA) is 73.4 Å². The number of nitrogens with one attached hydrogen (secondary N) is 2. The van der Waals surface area contributed by atoms with E-state index in [1.165, 1.54) is 12.3 Å². The Kier molecular flexibility index (Phi) is 4.45. The molecule has 0 saturated carbocycles. The molecular formula is C11H17N5O. The van der Waals surface area contributed by atoms with Gasteiger partial charge in [-0.3, -0.25) is 4.79 Å². The Morgan fingerprint density at radius 1 is 1.53 bits per heavy atom. The number of carbonyl (C=O) groups is 1. The predicted octanol–water partition coefficient (Wildman–Crippen LogP) is 0.529. The van der Waals surface area contributed by atoms with Gasteiger partial charge in [-0.15, -0.1) is 0 Å². The summed E-state index contributed by atoms with van der Waals surface area (Å²) in [6, 6.07) is 0. The van der Waals surface area contributed by atoms with Crippen molar-refractivity contribution in [1.82, 2.24) is 20.3 Å². The molecule has 0 spiro atoms. The van der Waals surface area contributed by atoms with Crippen molar-refractivity contribution < 1.29 is 4.79 Å². The molecule has 2 N–H and O–H groups in total. The maximum atomic E-state index is 11.8. The van der Waals surface area contributed by atoms with Crippen LogP contribution < -0.4 is 5.43 Å². The maximum absolute atomic E-state index is 11.8. The van der Waals surface area contributed by atoms with Crippen LogP contribution in [-0.2, 0) is 0 Å². The third kappa shape index (κ3) is 3.75. The van der Waals surface area contributed by atoms with Gasteiger partial charge in [0.05, 0.1) is 6.21 Å². The third-order valence-corrected chi connectivity index (χ3v) is 1.98. The van der Waals surface area contributed by atoms with Crippen molar-refractivity contribution in [3.8, 4) is 0 Å². The zero-order valence-corrected chi connectivity index (χ0v) is 10.5. The molecular weight excluding hydrogens is 218 g/mol. The van der Waals surface area contributed by atoms with Crippen molar-refractivity contribution in [1.29, 1.82) is 0 Å². The normalized spacial score (nSPS) is 11.3. The van der Waals surface area contributed by atoms with Crippen LogP contribution in [0.2, 0.25) is 0 Å². The standard InChI is InChI=1S/C11H17N5O/c1-8-11(9(17)5-6-16(3)4)15-10(14-8)7-13-12-2/h5-7,12H,1-4H3,(H,14,15)/b6-5+,13-7-. The number of ketones is 1. The molecule has 0 aromatic carbocycles. The lowest BCUT2D eigenvalue weighted by Crippen LogP contribution is -2.04. The molecule has 0 atom stereocenters.